The Labute approximate surface area is 148 Å². The fraction of sp³-hybridized carbons (Fsp3) is 0.500. The van der Waals surface area contributed by atoms with Crippen molar-refractivity contribution >= 4 is 0 Å². The summed E-state index contributed by atoms with van der Waals surface area (Å²) >= 11 is 0. The summed E-state index contributed by atoms with van der Waals surface area (Å²) in [6, 6.07) is 14.2. The lowest BCUT2D eigenvalue weighted by Gasteiger charge is -2.27. The van der Waals surface area contributed by atoms with E-state index in [9.17, 15) is 0 Å². The van der Waals surface area contributed by atoms with Gasteiger partial charge in [-0.15, -0.1) is 0 Å². The molecule has 0 aliphatic heterocycles. The molecule has 0 aromatic heterocycles. The van der Waals surface area contributed by atoms with Crippen LogP contribution in [0.5, 0.6) is 0 Å². The van der Waals surface area contributed by atoms with Crippen LogP contribution in [0.4, 0.5) is 0 Å². The molecule has 0 spiro atoms. The maximum absolute atomic E-state index is 2.47. The molecule has 0 bridgehead atoms. The number of rotatable bonds is 4. The zero-order chi connectivity index (χ0) is 17.1. The second-order valence-corrected chi connectivity index (χ2v) is 8.06. The van der Waals surface area contributed by atoms with Gasteiger partial charge in [0.25, 0.3) is 0 Å². The number of hydrogen-bond donors (Lipinski definition) is 0. The molecule has 3 rings (SSSR count). The third-order valence-corrected chi connectivity index (χ3v) is 6.11. The highest BCUT2D eigenvalue weighted by atomic mass is 14.2. The Morgan fingerprint density at radius 3 is 2.17 bits per heavy atom. The Kier molecular flexibility index (Phi) is 5.43. The van der Waals surface area contributed by atoms with Crippen LogP contribution in [0.15, 0.2) is 36.4 Å². The Balaban J connectivity index is 1.65. The summed E-state index contributed by atoms with van der Waals surface area (Å²) in [6.07, 6.45) is 7.85. The largest absolute Gasteiger partial charge is 0.0625 e. The van der Waals surface area contributed by atoms with E-state index in [4.69, 9.17) is 0 Å². The van der Waals surface area contributed by atoms with Crippen LogP contribution in [0, 0.1) is 26.7 Å². The first-order chi connectivity index (χ1) is 11.5. The van der Waals surface area contributed by atoms with Gasteiger partial charge >= 0.3 is 0 Å². The van der Waals surface area contributed by atoms with Crippen molar-refractivity contribution in [3.63, 3.8) is 0 Å². The van der Waals surface area contributed by atoms with Crippen molar-refractivity contribution in [2.45, 2.75) is 72.1 Å². The molecule has 0 nitrogen and oxygen atoms in total. The van der Waals surface area contributed by atoms with Crippen LogP contribution in [0.2, 0.25) is 0 Å². The molecule has 1 aliphatic carbocycles. The second-order valence-electron chi connectivity index (χ2n) is 8.06. The van der Waals surface area contributed by atoms with E-state index in [1.54, 1.807) is 5.56 Å². The topological polar surface area (TPSA) is 0 Å². The van der Waals surface area contributed by atoms with Crippen molar-refractivity contribution in [3.05, 3.63) is 69.8 Å². The van der Waals surface area contributed by atoms with Crippen LogP contribution in [-0.4, -0.2) is 0 Å². The average Bonchev–Trinajstić information content (AvgIpc) is 2.57. The van der Waals surface area contributed by atoms with Gasteiger partial charge in [0.2, 0.25) is 0 Å². The van der Waals surface area contributed by atoms with Gasteiger partial charge in [0.15, 0.2) is 0 Å². The molecule has 128 valence electrons. The van der Waals surface area contributed by atoms with E-state index in [1.807, 2.05) is 0 Å². The van der Waals surface area contributed by atoms with Crippen LogP contribution in [0.3, 0.4) is 0 Å². The molecule has 1 aliphatic rings. The fourth-order valence-electron chi connectivity index (χ4n) is 4.08. The Bertz CT molecular complexity index is 687. The first kappa shape index (κ1) is 17.3. The molecule has 0 radical (unpaired) electrons. The summed E-state index contributed by atoms with van der Waals surface area (Å²) in [5.41, 5.74) is 8.83. The van der Waals surface area contributed by atoms with E-state index in [0.717, 1.165) is 24.7 Å². The minimum Gasteiger partial charge on any atom is -0.0625 e. The summed E-state index contributed by atoms with van der Waals surface area (Å²) in [5, 5.41) is 0. The molecule has 1 fully saturated rings. The number of benzene rings is 2. The molecular weight excluding hydrogens is 288 g/mol. The maximum atomic E-state index is 2.47. The quantitative estimate of drug-likeness (QED) is 0.588. The summed E-state index contributed by atoms with van der Waals surface area (Å²) in [4.78, 5) is 0. The van der Waals surface area contributed by atoms with Crippen LogP contribution < -0.4 is 0 Å². The van der Waals surface area contributed by atoms with E-state index < -0.39 is 0 Å². The van der Waals surface area contributed by atoms with Crippen molar-refractivity contribution in [2.24, 2.45) is 5.92 Å². The lowest BCUT2D eigenvalue weighted by molar-refractivity contribution is 0.348. The molecule has 0 N–H and O–H groups in total. The van der Waals surface area contributed by atoms with Gasteiger partial charge < -0.3 is 0 Å². The molecule has 1 saturated carbocycles. The standard InChI is InChI=1S/C24H32/c1-17-5-10-23(11-6-17)24-14-13-22(20(4)16-24)12-9-21-8-7-18(2)19(3)15-21/h7-8,13-17,23H,5-6,9-12H2,1-4H3. The van der Waals surface area contributed by atoms with E-state index in [1.165, 1.54) is 53.5 Å². The molecule has 0 unspecified atom stereocenters. The summed E-state index contributed by atoms with van der Waals surface area (Å²) in [6.45, 7) is 9.10. The summed E-state index contributed by atoms with van der Waals surface area (Å²) < 4.78 is 0. The van der Waals surface area contributed by atoms with E-state index >= 15 is 0 Å². The number of hydrogen-bond acceptors (Lipinski definition) is 0. The SMILES string of the molecule is Cc1ccc(CCc2ccc(C3CCC(C)CC3)cc2C)cc1C. The van der Waals surface area contributed by atoms with Gasteiger partial charge in [-0.25, -0.2) is 0 Å². The van der Waals surface area contributed by atoms with Crippen LogP contribution in [0.25, 0.3) is 0 Å². The third kappa shape index (κ3) is 4.09. The van der Waals surface area contributed by atoms with Gasteiger partial charge in [-0.05, 0) is 91.7 Å². The Hall–Kier alpha value is -1.56. The molecule has 24 heavy (non-hydrogen) atoms. The summed E-state index contributed by atoms with van der Waals surface area (Å²) in [7, 11) is 0. The van der Waals surface area contributed by atoms with Gasteiger partial charge in [0.05, 0.1) is 0 Å². The van der Waals surface area contributed by atoms with Crippen LogP contribution >= 0.6 is 0 Å². The van der Waals surface area contributed by atoms with Crippen LogP contribution in [-0.2, 0) is 12.8 Å². The monoisotopic (exact) mass is 320 g/mol. The average molecular weight is 321 g/mol. The highest BCUT2D eigenvalue weighted by molar-refractivity contribution is 5.35. The lowest BCUT2D eigenvalue weighted by atomic mass is 9.79. The first-order valence-electron chi connectivity index (χ1n) is 9.68. The molecule has 0 heteroatoms. The summed E-state index contributed by atoms with van der Waals surface area (Å²) in [5.74, 6) is 1.73. The van der Waals surface area contributed by atoms with Crippen molar-refractivity contribution in [2.75, 3.05) is 0 Å². The molecule has 2 aromatic rings. The predicted molar refractivity (Wildman–Crippen MR) is 105 cm³/mol. The van der Waals surface area contributed by atoms with Gasteiger partial charge in [-0.1, -0.05) is 56.2 Å². The van der Waals surface area contributed by atoms with Crippen molar-refractivity contribution in [3.8, 4) is 0 Å². The molecular formula is C24H32. The second kappa shape index (κ2) is 7.55. The van der Waals surface area contributed by atoms with Gasteiger partial charge in [-0.2, -0.15) is 0 Å². The highest BCUT2D eigenvalue weighted by Crippen LogP contribution is 2.36. The minimum atomic E-state index is 0.800. The Morgan fingerprint density at radius 1 is 0.750 bits per heavy atom. The smallest absolute Gasteiger partial charge is 0.0162 e. The van der Waals surface area contributed by atoms with Crippen LogP contribution in [0.1, 0.15) is 71.9 Å². The zero-order valence-electron chi connectivity index (χ0n) is 15.9. The molecule has 0 saturated heterocycles. The van der Waals surface area contributed by atoms with Crippen molar-refractivity contribution < 1.29 is 0 Å². The maximum Gasteiger partial charge on any atom is -0.0162 e. The zero-order valence-corrected chi connectivity index (χ0v) is 15.9. The van der Waals surface area contributed by atoms with Gasteiger partial charge in [0.1, 0.15) is 0 Å². The first-order valence-corrected chi connectivity index (χ1v) is 9.68. The predicted octanol–water partition coefficient (Wildman–Crippen LogP) is 6.69. The van der Waals surface area contributed by atoms with Crippen molar-refractivity contribution in [1.29, 1.82) is 0 Å². The fourth-order valence-corrected chi connectivity index (χ4v) is 4.08. The molecule has 0 atom stereocenters. The van der Waals surface area contributed by atoms with E-state index in [2.05, 4.69) is 64.1 Å². The molecule has 0 amide bonds. The van der Waals surface area contributed by atoms with E-state index in [0.29, 0.717) is 0 Å². The number of aryl methyl sites for hydroxylation is 5. The minimum absolute atomic E-state index is 0.800. The van der Waals surface area contributed by atoms with Gasteiger partial charge in [0, 0.05) is 0 Å². The van der Waals surface area contributed by atoms with E-state index in [-0.39, 0.29) is 0 Å². The Morgan fingerprint density at radius 2 is 1.50 bits per heavy atom. The molecule has 2 aromatic carbocycles. The van der Waals surface area contributed by atoms with Crippen molar-refractivity contribution in [1.82, 2.24) is 0 Å². The third-order valence-electron chi connectivity index (χ3n) is 6.11. The lowest BCUT2D eigenvalue weighted by Crippen LogP contribution is -2.11. The normalized spacial score (nSPS) is 21.0. The van der Waals surface area contributed by atoms with Gasteiger partial charge in [-0.3, -0.25) is 0 Å². The highest BCUT2D eigenvalue weighted by Gasteiger charge is 2.19. The molecule has 0 heterocycles.